The summed E-state index contributed by atoms with van der Waals surface area (Å²) in [5.74, 6) is 0.243. The van der Waals surface area contributed by atoms with Crippen molar-refractivity contribution in [3.63, 3.8) is 0 Å². The van der Waals surface area contributed by atoms with Crippen LogP contribution in [0, 0.1) is 18.3 Å². The zero-order valence-corrected chi connectivity index (χ0v) is 11.1. The second-order valence-corrected chi connectivity index (χ2v) is 5.56. The van der Waals surface area contributed by atoms with E-state index in [2.05, 4.69) is 16.5 Å². The second kappa shape index (κ2) is 4.52. The van der Waals surface area contributed by atoms with E-state index in [0.29, 0.717) is 16.3 Å². The molecule has 1 amide bonds. The highest BCUT2D eigenvalue weighted by atomic mass is 32.1. The molecule has 5 nitrogen and oxygen atoms in total. The monoisotopic (exact) mass is 273 g/mol. The third kappa shape index (κ3) is 2.02. The summed E-state index contributed by atoms with van der Waals surface area (Å²) in [4.78, 5) is 13.2. The van der Waals surface area contributed by atoms with Gasteiger partial charge < -0.3 is 9.84 Å². The van der Waals surface area contributed by atoms with Crippen molar-refractivity contribution in [2.45, 2.75) is 26.2 Å². The molecule has 0 bridgehead atoms. The van der Waals surface area contributed by atoms with Gasteiger partial charge in [0.2, 0.25) is 0 Å². The zero-order valence-electron chi connectivity index (χ0n) is 10.3. The number of aryl methyl sites for hydroxylation is 2. The number of hydrogen-bond donors (Lipinski definition) is 1. The Morgan fingerprint density at radius 1 is 1.58 bits per heavy atom. The molecule has 19 heavy (non-hydrogen) atoms. The summed E-state index contributed by atoms with van der Waals surface area (Å²) in [6.07, 6.45) is 3.01. The van der Waals surface area contributed by atoms with E-state index < -0.39 is 0 Å². The van der Waals surface area contributed by atoms with Crippen LogP contribution in [0.5, 0.6) is 0 Å². The lowest BCUT2D eigenvalue weighted by Crippen LogP contribution is -2.12. The van der Waals surface area contributed by atoms with Crippen molar-refractivity contribution in [1.82, 2.24) is 5.16 Å². The molecule has 2 aromatic heterocycles. The first-order valence-electron chi connectivity index (χ1n) is 5.98. The van der Waals surface area contributed by atoms with E-state index in [1.807, 2.05) is 0 Å². The molecular weight excluding hydrogens is 262 g/mol. The summed E-state index contributed by atoms with van der Waals surface area (Å²) in [5.41, 5.74) is 1.93. The number of fused-ring (bicyclic) bond motifs is 1. The number of thiophene rings is 1. The first-order chi connectivity index (χ1) is 9.19. The lowest BCUT2D eigenvalue weighted by Gasteiger charge is -2.00. The van der Waals surface area contributed by atoms with Gasteiger partial charge in [0, 0.05) is 10.9 Å². The molecule has 2 heterocycles. The summed E-state index contributed by atoms with van der Waals surface area (Å²) >= 11 is 1.49. The van der Waals surface area contributed by atoms with Gasteiger partial charge in [-0.05, 0) is 31.7 Å². The summed E-state index contributed by atoms with van der Waals surface area (Å²) in [6.45, 7) is 1.73. The summed E-state index contributed by atoms with van der Waals surface area (Å²) in [7, 11) is 0. The normalized spacial score (nSPS) is 13.1. The van der Waals surface area contributed by atoms with Crippen LogP contribution in [0.15, 0.2) is 10.6 Å². The maximum atomic E-state index is 12.0. The summed E-state index contributed by atoms with van der Waals surface area (Å²) < 4.78 is 4.87. The molecule has 0 saturated heterocycles. The number of nitrogens with zero attached hydrogens (tertiary/aromatic N) is 2. The molecule has 2 aromatic rings. The topological polar surface area (TPSA) is 78.9 Å². The third-order valence-corrected chi connectivity index (χ3v) is 4.33. The average molecular weight is 273 g/mol. The van der Waals surface area contributed by atoms with Crippen molar-refractivity contribution in [2.75, 3.05) is 5.32 Å². The van der Waals surface area contributed by atoms with Crippen molar-refractivity contribution in [1.29, 1.82) is 5.26 Å². The van der Waals surface area contributed by atoms with Crippen LogP contribution in [-0.2, 0) is 12.8 Å². The minimum Gasteiger partial charge on any atom is -0.361 e. The maximum Gasteiger partial charge on any atom is 0.278 e. The number of nitrogens with one attached hydrogen (secondary N) is 1. The molecular formula is C13H11N3O2S. The molecule has 1 N–H and O–H groups in total. The number of hydrogen-bond acceptors (Lipinski definition) is 5. The van der Waals surface area contributed by atoms with E-state index in [0.717, 1.165) is 24.8 Å². The quantitative estimate of drug-likeness (QED) is 0.912. The lowest BCUT2D eigenvalue weighted by atomic mass is 10.1. The van der Waals surface area contributed by atoms with Crippen molar-refractivity contribution in [3.8, 4) is 6.07 Å². The zero-order chi connectivity index (χ0) is 13.4. The fourth-order valence-electron chi connectivity index (χ4n) is 2.25. The molecule has 1 aliphatic rings. The van der Waals surface area contributed by atoms with Crippen molar-refractivity contribution < 1.29 is 9.32 Å². The van der Waals surface area contributed by atoms with Crippen LogP contribution < -0.4 is 5.32 Å². The average Bonchev–Trinajstić information content (AvgIpc) is 3.04. The number of nitriles is 1. The molecule has 6 heteroatoms. The highest BCUT2D eigenvalue weighted by Crippen LogP contribution is 2.38. The van der Waals surface area contributed by atoms with Crippen LogP contribution in [0.4, 0.5) is 5.00 Å². The van der Waals surface area contributed by atoms with E-state index in [9.17, 15) is 10.1 Å². The van der Waals surface area contributed by atoms with Crippen LogP contribution in [-0.4, -0.2) is 11.1 Å². The fourth-order valence-corrected chi connectivity index (χ4v) is 3.49. The predicted octanol–water partition coefficient (Wildman–Crippen LogP) is 2.66. The van der Waals surface area contributed by atoms with E-state index >= 15 is 0 Å². The van der Waals surface area contributed by atoms with Crippen LogP contribution in [0.3, 0.4) is 0 Å². The molecule has 96 valence electrons. The van der Waals surface area contributed by atoms with Crippen molar-refractivity contribution >= 4 is 22.2 Å². The Morgan fingerprint density at radius 2 is 2.42 bits per heavy atom. The highest BCUT2D eigenvalue weighted by Gasteiger charge is 2.23. The first kappa shape index (κ1) is 11.9. The molecule has 0 radical (unpaired) electrons. The molecule has 0 fully saturated rings. The van der Waals surface area contributed by atoms with E-state index in [-0.39, 0.29) is 11.6 Å². The van der Waals surface area contributed by atoms with E-state index in [1.165, 1.54) is 16.2 Å². The molecule has 0 spiro atoms. The second-order valence-electron chi connectivity index (χ2n) is 4.45. The molecule has 0 atom stereocenters. The van der Waals surface area contributed by atoms with Crippen molar-refractivity contribution in [2.24, 2.45) is 0 Å². The van der Waals surface area contributed by atoms with Gasteiger partial charge in [0.15, 0.2) is 5.69 Å². The molecule has 0 saturated carbocycles. The maximum absolute atomic E-state index is 12.0. The smallest absolute Gasteiger partial charge is 0.278 e. The predicted molar refractivity (Wildman–Crippen MR) is 70.3 cm³/mol. The largest absolute Gasteiger partial charge is 0.361 e. The number of rotatable bonds is 2. The molecule has 1 aliphatic carbocycles. The minimum atomic E-state index is -0.340. The number of amides is 1. The van der Waals surface area contributed by atoms with Crippen LogP contribution in [0.25, 0.3) is 0 Å². The number of anilines is 1. The lowest BCUT2D eigenvalue weighted by molar-refractivity contribution is 0.101. The molecule has 0 aromatic carbocycles. The van der Waals surface area contributed by atoms with E-state index in [4.69, 9.17) is 4.52 Å². The third-order valence-electron chi connectivity index (χ3n) is 3.12. The van der Waals surface area contributed by atoms with Crippen molar-refractivity contribution in [3.05, 3.63) is 33.5 Å². The number of carbonyl (C=O) groups excluding carboxylic acids is 1. The van der Waals surface area contributed by atoms with Gasteiger partial charge in [-0.1, -0.05) is 5.16 Å². The first-order valence-corrected chi connectivity index (χ1v) is 6.80. The van der Waals surface area contributed by atoms with Gasteiger partial charge in [0.1, 0.15) is 16.8 Å². The van der Waals surface area contributed by atoms with Crippen LogP contribution >= 0.6 is 11.3 Å². The van der Waals surface area contributed by atoms with Gasteiger partial charge in [0.25, 0.3) is 5.91 Å². The van der Waals surface area contributed by atoms with E-state index in [1.54, 1.807) is 13.0 Å². The Morgan fingerprint density at radius 3 is 3.11 bits per heavy atom. The molecule has 0 aliphatic heterocycles. The van der Waals surface area contributed by atoms with Gasteiger partial charge in [-0.3, -0.25) is 4.79 Å². The van der Waals surface area contributed by atoms with Gasteiger partial charge in [-0.2, -0.15) is 5.26 Å². The van der Waals surface area contributed by atoms with Crippen LogP contribution in [0.1, 0.15) is 38.7 Å². The summed E-state index contributed by atoms with van der Waals surface area (Å²) in [6, 6.07) is 3.76. The van der Waals surface area contributed by atoms with Gasteiger partial charge in [-0.15, -0.1) is 11.3 Å². The molecule has 3 rings (SSSR count). The Bertz CT molecular complexity index is 693. The standard InChI is InChI=1S/C13H11N3O2S/c1-7-5-10(16-18-7)12(17)15-13-9(6-14)8-3-2-4-11(8)19-13/h5H,2-4H2,1H3,(H,15,17). The minimum absolute atomic E-state index is 0.231. The number of aromatic nitrogens is 1. The fraction of sp³-hybridized carbons (Fsp3) is 0.308. The summed E-state index contributed by atoms with van der Waals surface area (Å²) in [5, 5.41) is 16.3. The Kier molecular flexibility index (Phi) is 2.84. The van der Waals surface area contributed by atoms with Gasteiger partial charge in [0.05, 0.1) is 5.56 Å². The van der Waals surface area contributed by atoms with Crippen LogP contribution in [0.2, 0.25) is 0 Å². The van der Waals surface area contributed by atoms with Gasteiger partial charge in [-0.25, -0.2) is 0 Å². The Balaban J connectivity index is 1.88. The Hall–Kier alpha value is -2.13. The highest BCUT2D eigenvalue weighted by molar-refractivity contribution is 7.16. The Labute approximate surface area is 113 Å². The molecule has 0 unspecified atom stereocenters. The van der Waals surface area contributed by atoms with Gasteiger partial charge >= 0.3 is 0 Å². The SMILES string of the molecule is Cc1cc(C(=O)Nc2sc3c(c2C#N)CCC3)no1. The number of carbonyl (C=O) groups is 1.